The average Bonchev–Trinajstić information content (AvgIpc) is 2.82. The Morgan fingerprint density at radius 3 is 1.88 bits per heavy atom. The topological polar surface area (TPSA) is 65.1 Å². The highest BCUT2D eigenvalue weighted by Crippen LogP contribution is 2.22. The molecular formula is C26H43NO5. The van der Waals surface area contributed by atoms with Crippen molar-refractivity contribution in [2.24, 2.45) is 5.92 Å². The summed E-state index contributed by atoms with van der Waals surface area (Å²) in [4.78, 5) is 27.6. The summed E-state index contributed by atoms with van der Waals surface area (Å²) in [7, 11) is 1.64. The first-order valence-corrected chi connectivity index (χ1v) is 12.2. The fourth-order valence-corrected chi connectivity index (χ4v) is 3.55. The molecule has 1 amide bonds. The van der Waals surface area contributed by atoms with Crippen molar-refractivity contribution in [2.75, 3.05) is 53.2 Å². The molecule has 32 heavy (non-hydrogen) atoms. The van der Waals surface area contributed by atoms with E-state index >= 15 is 0 Å². The van der Waals surface area contributed by atoms with Crippen LogP contribution >= 0.6 is 0 Å². The van der Waals surface area contributed by atoms with Crippen molar-refractivity contribution in [3.05, 3.63) is 35.4 Å². The van der Waals surface area contributed by atoms with Crippen LogP contribution in [-0.2, 0) is 14.2 Å². The Labute approximate surface area is 194 Å². The van der Waals surface area contributed by atoms with E-state index in [1.165, 1.54) is 0 Å². The maximum Gasteiger partial charge on any atom is 0.253 e. The molecule has 1 aromatic carbocycles. The Morgan fingerprint density at radius 1 is 0.812 bits per heavy atom. The first-order chi connectivity index (χ1) is 15.6. The van der Waals surface area contributed by atoms with Gasteiger partial charge in [-0.3, -0.25) is 9.59 Å². The van der Waals surface area contributed by atoms with Gasteiger partial charge in [0.25, 0.3) is 5.91 Å². The van der Waals surface area contributed by atoms with Crippen LogP contribution in [0.3, 0.4) is 0 Å². The van der Waals surface area contributed by atoms with Crippen LogP contribution in [-0.4, -0.2) is 69.8 Å². The molecule has 1 rings (SSSR count). The number of ether oxygens (including phenoxy) is 3. The zero-order chi connectivity index (χ0) is 23.6. The summed E-state index contributed by atoms with van der Waals surface area (Å²) in [6, 6.07) is 7.17. The molecule has 0 aliphatic rings. The molecule has 0 heterocycles. The van der Waals surface area contributed by atoms with Crippen molar-refractivity contribution in [1.29, 1.82) is 0 Å². The maximum absolute atomic E-state index is 13.0. The number of likely N-dealkylation sites (N-methyl/N-ethyl adjacent to an activating group) is 1. The predicted molar refractivity (Wildman–Crippen MR) is 128 cm³/mol. The van der Waals surface area contributed by atoms with Crippen molar-refractivity contribution in [1.82, 2.24) is 4.90 Å². The fraction of sp³-hybridized carbons (Fsp3) is 0.692. The van der Waals surface area contributed by atoms with Gasteiger partial charge >= 0.3 is 0 Å². The van der Waals surface area contributed by atoms with E-state index in [9.17, 15) is 9.59 Å². The highest BCUT2D eigenvalue weighted by atomic mass is 16.5. The van der Waals surface area contributed by atoms with Gasteiger partial charge in [-0.25, -0.2) is 0 Å². The van der Waals surface area contributed by atoms with Crippen LogP contribution in [0, 0.1) is 5.92 Å². The Bertz CT molecular complexity index is 624. The zero-order valence-corrected chi connectivity index (χ0v) is 20.6. The van der Waals surface area contributed by atoms with Gasteiger partial charge in [0.05, 0.1) is 33.0 Å². The van der Waals surface area contributed by atoms with E-state index in [4.69, 9.17) is 14.2 Å². The molecule has 0 fully saturated rings. The number of methoxy groups -OCH3 is 1. The summed E-state index contributed by atoms with van der Waals surface area (Å²) in [6.07, 6.45) is 6.22. The highest BCUT2D eigenvalue weighted by Gasteiger charge is 2.20. The predicted octanol–water partition coefficient (Wildman–Crippen LogP) is 5.01. The average molecular weight is 450 g/mol. The molecule has 0 saturated carbocycles. The molecule has 0 bridgehead atoms. The van der Waals surface area contributed by atoms with E-state index < -0.39 is 0 Å². The molecule has 6 nitrogen and oxygen atoms in total. The van der Waals surface area contributed by atoms with Gasteiger partial charge in [0, 0.05) is 37.2 Å². The van der Waals surface area contributed by atoms with Crippen molar-refractivity contribution < 1.29 is 23.8 Å². The van der Waals surface area contributed by atoms with Crippen molar-refractivity contribution in [3.63, 3.8) is 0 Å². The number of nitrogens with zero attached hydrogens (tertiary/aromatic N) is 1. The lowest BCUT2D eigenvalue weighted by Crippen LogP contribution is -2.34. The highest BCUT2D eigenvalue weighted by molar-refractivity contribution is 5.99. The van der Waals surface area contributed by atoms with Crippen molar-refractivity contribution in [3.8, 4) is 0 Å². The van der Waals surface area contributed by atoms with Crippen LogP contribution in [0.1, 0.15) is 80.0 Å². The number of amides is 1. The minimum absolute atomic E-state index is 0.0417. The number of hydrogen-bond donors (Lipinski definition) is 0. The summed E-state index contributed by atoms with van der Waals surface area (Å²) >= 11 is 0. The lowest BCUT2D eigenvalue weighted by atomic mass is 9.88. The molecule has 0 N–H and O–H groups in total. The molecule has 6 heteroatoms. The third kappa shape index (κ3) is 10.7. The number of benzene rings is 1. The largest absolute Gasteiger partial charge is 0.382 e. The third-order valence-corrected chi connectivity index (χ3v) is 5.58. The molecule has 0 aliphatic heterocycles. The summed E-state index contributed by atoms with van der Waals surface area (Å²) in [6.45, 7) is 9.96. The van der Waals surface area contributed by atoms with Crippen LogP contribution in [0.5, 0.6) is 0 Å². The standard InChI is InChI=1S/C26H43NO5/c1-5-8-10-22(11-9-6-2)25(28)23-12-14-24(15-13-23)26(29)27(7-3)16-17-31-20-21-32-19-18-30-4/h12-15,22H,5-11,16-21H2,1-4H3. The van der Waals surface area contributed by atoms with Crippen molar-refractivity contribution >= 4 is 11.7 Å². The van der Waals surface area contributed by atoms with Crippen LogP contribution in [0.4, 0.5) is 0 Å². The Morgan fingerprint density at radius 2 is 1.34 bits per heavy atom. The molecular weight excluding hydrogens is 406 g/mol. The van der Waals surface area contributed by atoms with Gasteiger partial charge in [-0.15, -0.1) is 0 Å². The van der Waals surface area contributed by atoms with Gasteiger partial charge in [-0.1, -0.05) is 51.7 Å². The second-order valence-corrected chi connectivity index (χ2v) is 8.03. The van der Waals surface area contributed by atoms with E-state index in [1.54, 1.807) is 24.1 Å². The molecule has 0 atom stereocenters. The smallest absolute Gasteiger partial charge is 0.253 e. The van der Waals surface area contributed by atoms with Gasteiger partial charge in [0.15, 0.2) is 5.78 Å². The van der Waals surface area contributed by atoms with Crippen LogP contribution in [0.25, 0.3) is 0 Å². The SMILES string of the molecule is CCCCC(CCCC)C(=O)c1ccc(C(=O)N(CC)CCOCCOCCOC)cc1. The van der Waals surface area contributed by atoms with E-state index in [-0.39, 0.29) is 17.6 Å². The van der Waals surface area contributed by atoms with Gasteiger partial charge < -0.3 is 19.1 Å². The van der Waals surface area contributed by atoms with Gasteiger partial charge in [0.1, 0.15) is 0 Å². The molecule has 182 valence electrons. The quantitative estimate of drug-likeness (QED) is 0.219. The number of unbranched alkanes of at least 4 members (excludes halogenated alkanes) is 2. The summed E-state index contributed by atoms with van der Waals surface area (Å²) < 4.78 is 15.8. The van der Waals surface area contributed by atoms with E-state index in [0.717, 1.165) is 38.5 Å². The number of rotatable bonds is 19. The third-order valence-electron chi connectivity index (χ3n) is 5.58. The number of ketones is 1. The van der Waals surface area contributed by atoms with Gasteiger partial charge in [-0.05, 0) is 31.9 Å². The second-order valence-electron chi connectivity index (χ2n) is 8.03. The van der Waals surface area contributed by atoms with E-state index in [2.05, 4.69) is 13.8 Å². The summed E-state index contributed by atoms with van der Waals surface area (Å²) in [5.41, 5.74) is 1.31. The zero-order valence-electron chi connectivity index (χ0n) is 20.6. The minimum Gasteiger partial charge on any atom is -0.382 e. The maximum atomic E-state index is 13.0. The van der Waals surface area contributed by atoms with Gasteiger partial charge in [-0.2, -0.15) is 0 Å². The monoisotopic (exact) mass is 449 g/mol. The first kappa shape index (κ1) is 28.3. The van der Waals surface area contributed by atoms with Crippen molar-refractivity contribution in [2.45, 2.75) is 59.3 Å². The molecule has 1 aromatic rings. The molecule has 0 saturated heterocycles. The lowest BCUT2D eigenvalue weighted by Gasteiger charge is -2.21. The van der Waals surface area contributed by atoms with Gasteiger partial charge in [0.2, 0.25) is 0 Å². The molecule has 0 spiro atoms. The number of hydrogen-bond acceptors (Lipinski definition) is 5. The minimum atomic E-state index is -0.0417. The Kier molecular flexibility index (Phi) is 15.7. The molecule has 0 radical (unpaired) electrons. The van der Waals surface area contributed by atoms with Crippen LogP contribution in [0.15, 0.2) is 24.3 Å². The molecule has 0 unspecified atom stereocenters. The lowest BCUT2D eigenvalue weighted by molar-refractivity contribution is 0.0195. The Balaban J connectivity index is 2.57. The number of carbonyl (C=O) groups excluding carboxylic acids is 2. The van der Waals surface area contributed by atoms with E-state index in [0.29, 0.717) is 57.3 Å². The second kappa shape index (κ2) is 17.8. The molecule has 0 aromatic heterocycles. The first-order valence-electron chi connectivity index (χ1n) is 12.2. The summed E-state index contributed by atoms with van der Waals surface area (Å²) in [5.74, 6) is 0.249. The summed E-state index contributed by atoms with van der Waals surface area (Å²) in [5, 5.41) is 0. The number of carbonyl (C=O) groups is 2. The molecule has 0 aliphatic carbocycles. The Hall–Kier alpha value is -1.76. The normalized spacial score (nSPS) is 11.2. The fourth-order valence-electron chi connectivity index (χ4n) is 3.55. The van der Waals surface area contributed by atoms with E-state index in [1.807, 2.05) is 19.1 Å². The number of Topliss-reactive ketones (excluding diaryl/α,β-unsaturated/α-hetero) is 1. The van der Waals surface area contributed by atoms with Crippen LogP contribution in [0.2, 0.25) is 0 Å². The van der Waals surface area contributed by atoms with Crippen LogP contribution < -0.4 is 0 Å².